The summed E-state index contributed by atoms with van der Waals surface area (Å²) in [5, 5.41) is 0. The minimum atomic E-state index is 0.705. The van der Waals surface area contributed by atoms with Crippen LogP contribution in [0.1, 0.15) is 19.8 Å². The van der Waals surface area contributed by atoms with Crippen LogP contribution in [-0.4, -0.2) is 51.5 Å². The number of methoxy groups -OCH3 is 1. The second kappa shape index (κ2) is 7.21. The summed E-state index contributed by atoms with van der Waals surface area (Å²) in [6.45, 7) is 8.18. The van der Waals surface area contributed by atoms with Gasteiger partial charge in [0.1, 0.15) is 0 Å². The van der Waals surface area contributed by atoms with Crippen LogP contribution in [0.5, 0.6) is 0 Å². The van der Waals surface area contributed by atoms with Crippen LogP contribution >= 0.6 is 0 Å². The predicted octanol–water partition coefficient (Wildman–Crippen LogP) is 1.38. The molecule has 0 N–H and O–H groups in total. The highest BCUT2D eigenvalue weighted by atomic mass is 16.5. The van der Waals surface area contributed by atoms with Crippen LogP contribution in [-0.2, 0) is 9.47 Å². The van der Waals surface area contributed by atoms with Crippen molar-refractivity contribution in [1.29, 1.82) is 0 Å². The van der Waals surface area contributed by atoms with E-state index in [4.69, 9.17) is 9.47 Å². The molecule has 0 radical (unpaired) electrons. The quantitative estimate of drug-likeness (QED) is 0.606. The summed E-state index contributed by atoms with van der Waals surface area (Å²) in [4.78, 5) is 2.49. The first kappa shape index (κ1) is 12.0. The maximum atomic E-state index is 5.44. The lowest BCUT2D eigenvalue weighted by Gasteiger charge is -2.29. The largest absolute Gasteiger partial charge is 0.382 e. The standard InChI is InChI=1S/C11H23NO2/c1-11-3-5-12(6-4-11)7-8-14-10-9-13-2/h11H,3-10H2,1-2H3. The Morgan fingerprint density at radius 3 is 2.50 bits per heavy atom. The van der Waals surface area contributed by atoms with E-state index in [1.807, 2.05) is 0 Å². The Kier molecular flexibility index (Phi) is 6.15. The molecule has 1 aliphatic heterocycles. The Hall–Kier alpha value is -0.120. The molecule has 0 unspecified atom stereocenters. The summed E-state index contributed by atoms with van der Waals surface area (Å²) in [6.07, 6.45) is 2.69. The summed E-state index contributed by atoms with van der Waals surface area (Å²) < 4.78 is 10.3. The Morgan fingerprint density at radius 2 is 1.86 bits per heavy atom. The third-order valence-electron chi connectivity index (χ3n) is 2.86. The molecule has 3 heteroatoms. The van der Waals surface area contributed by atoms with Crippen LogP contribution in [0.4, 0.5) is 0 Å². The van der Waals surface area contributed by atoms with Crippen molar-refractivity contribution in [2.45, 2.75) is 19.8 Å². The molecule has 1 fully saturated rings. The van der Waals surface area contributed by atoms with E-state index in [-0.39, 0.29) is 0 Å². The third kappa shape index (κ3) is 4.94. The molecular weight excluding hydrogens is 178 g/mol. The summed E-state index contributed by atoms with van der Waals surface area (Å²) >= 11 is 0. The van der Waals surface area contributed by atoms with Gasteiger partial charge in [0, 0.05) is 13.7 Å². The topological polar surface area (TPSA) is 21.7 Å². The van der Waals surface area contributed by atoms with Gasteiger partial charge in [-0.3, -0.25) is 0 Å². The van der Waals surface area contributed by atoms with Gasteiger partial charge in [0.15, 0.2) is 0 Å². The lowest BCUT2D eigenvalue weighted by atomic mass is 9.99. The number of hydrogen-bond donors (Lipinski definition) is 0. The van der Waals surface area contributed by atoms with Crippen LogP contribution in [0, 0.1) is 5.92 Å². The van der Waals surface area contributed by atoms with Crippen molar-refractivity contribution >= 4 is 0 Å². The molecule has 1 rings (SSSR count). The number of hydrogen-bond acceptors (Lipinski definition) is 3. The second-order valence-electron chi connectivity index (χ2n) is 4.13. The van der Waals surface area contributed by atoms with Crippen molar-refractivity contribution in [2.24, 2.45) is 5.92 Å². The fourth-order valence-corrected chi connectivity index (χ4v) is 1.72. The molecular formula is C11H23NO2. The van der Waals surface area contributed by atoms with Crippen molar-refractivity contribution < 1.29 is 9.47 Å². The van der Waals surface area contributed by atoms with Gasteiger partial charge in [-0.05, 0) is 31.8 Å². The number of piperidine rings is 1. The van der Waals surface area contributed by atoms with E-state index in [1.54, 1.807) is 7.11 Å². The van der Waals surface area contributed by atoms with E-state index in [2.05, 4.69) is 11.8 Å². The molecule has 0 bridgehead atoms. The van der Waals surface area contributed by atoms with Gasteiger partial charge in [0.25, 0.3) is 0 Å². The van der Waals surface area contributed by atoms with Crippen molar-refractivity contribution in [3.05, 3.63) is 0 Å². The van der Waals surface area contributed by atoms with Gasteiger partial charge in [0.2, 0.25) is 0 Å². The molecule has 0 atom stereocenters. The highest BCUT2D eigenvalue weighted by molar-refractivity contribution is 4.68. The van der Waals surface area contributed by atoms with Crippen LogP contribution in [0.15, 0.2) is 0 Å². The molecule has 0 aliphatic carbocycles. The first-order valence-corrected chi connectivity index (χ1v) is 5.62. The Labute approximate surface area is 87.4 Å². The first-order valence-electron chi connectivity index (χ1n) is 5.62. The van der Waals surface area contributed by atoms with Gasteiger partial charge in [-0.25, -0.2) is 0 Å². The van der Waals surface area contributed by atoms with Crippen LogP contribution in [0.3, 0.4) is 0 Å². The lowest BCUT2D eigenvalue weighted by Crippen LogP contribution is -2.35. The minimum Gasteiger partial charge on any atom is -0.382 e. The Bertz CT molecular complexity index is 133. The molecule has 0 amide bonds. The summed E-state index contributed by atoms with van der Waals surface area (Å²) in [5.74, 6) is 0.917. The number of rotatable bonds is 6. The minimum absolute atomic E-state index is 0.705. The van der Waals surface area contributed by atoms with E-state index in [9.17, 15) is 0 Å². The summed E-state index contributed by atoms with van der Waals surface area (Å²) in [7, 11) is 1.70. The molecule has 0 aromatic rings. The van der Waals surface area contributed by atoms with Gasteiger partial charge in [-0.15, -0.1) is 0 Å². The van der Waals surface area contributed by atoms with Crippen molar-refractivity contribution in [1.82, 2.24) is 4.90 Å². The Balaban J connectivity index is 1.91. The number of ether oxygens (including phenoxy) is 2. The maximum absolute atomic E-state index is 5.44. The number of likely N-dealkylation sites (tertiary alicyclic amines) is 1. The predicted molar refractivity (Wildman–Crippen MR) is 57.5 cm³/mol. The van der Waals surface area contributed by atoms with Crippen LogP contribution < -0.4 is 0 Å². The lowest BCUT2D eigenvalue weighted by molar-refractivity contribution is 0.0516. The normalized spacial score (nSPS) is 20.1. The van der Waals surface area contributed by atoms with Crippen LogP contribution in [0.25, 0.3) is 0 Å². The molecule has 1 heterocycles. The smallest absolute Gasteiger partial charge is 0.0700 e. The van der Waals surface area contributed by atoms with Gasteiger partial charge >= 0.3 is 0 Å². The van der Waals surface area contributed by atoms with Gasteiger partial charge < -0.3 is 14.4 Å². The van der Waals surface area contributed by atoms with Crippen molar-refractivity contribution in [2.75, 3.05) is 46.6 Å². The molecule has 84 valence electrons. The highest BCUT2D eigenvalue weighted by Crippen LogP contribution is 2.15. The summed E-state index contributed by atoms with van der Waals surface area (Å²) in [5.41, 5.74) is 0. The molecule has 0 aromatic carbocycles. The van der Waals surface area contributed by atoms with Gasteiger partial charge in [0.05, 0.1) is 19.8 Å². The highest BCUT2D eigenvalue weighted by Gasteiger charge is 2.14. The molecule has 0 aromatic heterocycles. The zero-order chi connectivity index (χ0) is 10.2. The van der Waals surface area contributed by atoms with E-state index >= 15 is 0 Å². The molecule has 3 nitrogen and oxygen atoms in total. The van der Waals surface area contributed by atoms with E-state index in [0.29, 0.717) is 6.61 Å². The van der Waals surface area contributed by atoms with Crippen molar-refractivity contribution in [3.63, 3.8) is 0 Å². The summed E-state index contributed by atoms with van der Waals surface area (Å²) in [6, 6.07) is 0. The van der Waals surface area contributed by atoms with E-state index < -0.39 is 0 Å². The Morgan fingerprint density at radius 1 is 1.14 bits per heavy atom. The second-order valence-corrected chi connectivity index (χ2v) is 4.13. The molecule has 0 spiro atoms. The monoisotopic (exact) mass is 201 g/mol. The van der Waals surface area contributed by atoms with E-state index in [1.165, 1.54) is 25.9 Å². The number of nitrogens with zero attached hydrogens (tertiary/aromatic N) is 1. The fourth-order valence-electron chi connectivity index (χ4n) is 1.72. The average molecular weight is 201 g/mol. The SMILES string of the molecule is COCCOCCN1CCC(C)CC1. The fraction of sp³-hybridized carbons (Fsp3) is 1.00. The molecule has 0 saturated carbocycles. The first-order chi connectivity index (χ1) is 6.83. The molecule has 1 aliphatic rings. The zero-order valence-electron chi connectivity index (χ0n) is 9.50. The van der Waals surface area contributed by atoms with E-state index in [0.717, 1.165) is 25.7 Å². The third-order valence-corrected chi connectivity index (χ3v) is 2.86. The van der Waals surface area contributed by atoms with Gasteiger partial charge in [-0.2, -0.15) is 0 Å². The van der Waals surface area contributed by atoms with Gasteiger partial charge in [-0.1, -0.05) is 6.92 Å². The van der Waals surface area contributed by atoms with Crippen molar-refractivity contribution in [3.8, 4) is 0 Å². The maximum Gasteiger partial charge on any atom is 0.0700 e. The molecule has 1 saturated heterocycles. The van der Waals surface area contributed by atoms with Crippen LogP contribution in [0.2, 0.25) is 0 Å². The average Bonchev–Trinajstić information content (AvgIpc) is 2.21. The molecule has 14 heavy (non-hydrogen) atoms. The zero-order valence-corrected chi connectivity index (χ0v) is 9.50.